The average molecular weight is 465 g/mol. The molecule has 33 heavy (non-hydrogen) atoms. The molecule has 1 amide bonds. The van der Waals surface area contributed by atoms with Crippen molar-refractivity contribution in [3.8, 4) is 11.5 Å². The summed E-state index contributed by atoms with van der Waals surface area (Å²) < 4.78 is 16.3. The van der Waals surface area contributed by atoms with Crippen molar-refractivity contribution in [1.29, 1.82) is 0 Å². The lowest BCUT2D eigenvalue weighted by Crippen LogP contribution is -2.21. The largest absolute Gasteiger partial charge is 0.493 e. The van der Waals surface area contributed by atoms with Crippen LogP contribution in [0.4, 0.5) is 10.8 Å². The van der Waals surface area contributed by atoms with Crippen molar-refractivity contribution >= 4 is 28.1 Å². The first-order chi connectivity index (χ1) is 16.0. The van der Waals surface area contributed by atoms with Gasteiger partial charge in [0.1, 0.15) is 11.0 Å². The van der Waals surface area contributed by atoms with Crippen molar-refractivity contribution in [2.45, 2.75) is 19.9 Å². The highest BCUT2D eigenvalue weighted by molar-refractivity contribution is 7.16. The van der Waals surface area contributed by atoms with Gasteiger partial charge in [-0.2, -0.15) is 0 Å². The molecular weight excluding hydrogens is 438 g/mol. The van der Waals surface area contributed by atoms with E-state index in [1.165, 1.54) is 17.6 Å². The van der Waals surface area contributed by atoms with Crippen LogP contribution in [-0.4, -0.2) is 20.1 Å². The molecule has 0 spiro atoms. The number of amides is 1. The Balaban J connectivity index is 1.81. The second-order valence-electron chi connectivity index (χ2n) is 7.43. The quantitative estimate of drug-likeness (QED) is 0.372. The van der Waals surface area contributed by atoms with E-state index in [9.17, 15) is 4.79 Å². The Morgan fingerprint density at radius 3 is 2.55 bits per heavy atom. The van der Waals surface area contributed by atoms with Crippen LogP contribution in [0, 0.1) is 13.8 Å². The molecule has 0 aliphatic rings. The summed E-state index contributed by atoms with van der Waals surface area (Å²) in [5.41, 5.74) is 3.03. The number of pyridine rings is 1. The molecule has 0 aliphatic heterocycles. The van der Waals surface area contributed by atoms with Gasteiger partial charge in [0.15, 0.2) is 17.3 Å². The Bertz CT molecular complexity index is 1240. The van der Waals surface area contributed by atoms with Crippen LogP contribution < -0.4 is 25.1 Å². The minimum Gasteiger partial charge on any atom is -0.493 e. The smallest absolute Gasteiger partial charge is 0.291 e. The highest BCUT2D eigenvalue weighted by Gasteiger charge is 2.29. The Hall–Kier alpha value is -3.78. The number of carbonyl (C=O) groups excluding carboxylic acids is 1. The second kappa shape index (κ2) is 9.79. The van der Waals surface area contributed by atoms with Crippen molar-refractivity contribution in [1.82, 2.24) is 0 Å². The summed E-state index contributed by atoms with van der Waals surface area (Å²) in [7, 11) is 3.23. The van der Waals surface area contributed by atoms with Crippen molar-refractivity contribution < 1.29 is 23.7 Å². The van der Waals surface area contributed by atoms with Gasteiger partial charge in [0, 0.05) is 22.1 Å². The number of furan rings is 1. The Morgan fingerprint density at radius 1 is 1.06 bits per heavy atom. The maximum absolute atomic E-state index is 12.8. The summed E-state index contributed by atoms with van der Waals surface area (Å²) >= 11 is 1.54. The number of nitrogens with one attached hydrogen (secondary N) is 3. The summed E-state index contributed by atoms with van der Waals surface area (Å²) in [6.45, 7) is 4.11. The summed E-state index contributed by atoms with van der Waals surface area (Å²) in [5.74, 6) is 2.08. The first-order valence-corrected chi connectivity index (χ1v) is 11.2. The topological polar surface area (TPSA) is 86.9 Å². The molecule has 0 bridgehead atoms. The number of anilines is 2. The number of rotatable bonds is 8. The molecule has 4 rings (SSSR count). The summed E-state index contributed by atoms with van der Waals surface area (Å²) in [6.07, 6.45) is 3.35. The molecule has 8 heteroatoms. The van der Waals surface area contributed by atoms with Gasteiger partial charge in [0.25, 0.3) is 11.7 Å². The second-order valence-corrected chi connectivity index (χ2v) is 8.65. The van der Waals surface area contributed by atoms with Crippen molar-refractivity contribution in [3.63, 3.8) is 0 Å². The number of aromatic nitrogens is 1. The molecule has 3 N–H and O–H groups in total. The molecule has 0 saturated carbocycles. The van der Waals surface area contributed by atoms with Gasteiger partial charge in [-0.1, -0.05) is 12.1 Å². The predicted octanol–water partition coefficient (Wildman–Crippen LogP) is 5.24. The maximum Gasteiger partial charge on any atom is 0.291 e. The van der Waals surface area contributed by atoms with Crippen LogP contribution in [-0.2, 0) is 0 Å². The van der Waals surface area contributed by atoms with Gasteiger partial charge in [-0.15, -0.1) is 11.3 Å². The van der Waals surface area contributed by atoms with E-state index < -0.39 is 0 Å². The van der Waals surface area contributed by atoms with Gasteiger partial charge in [-0.3, -0.25) is 10.1 Å². The minimum atomic E-state index is -0.292. The van der Waals surface area contributed by atoms with Crippen LogP contribution >= 0.6 is 11.3 Å². The van der Waals surface area contributed by atoms with Gasteiger partial charge in [-0.05, 0) is 49.7 Å². The van der Waals surface area contributed by atoms with Crippen LogP contribution in [0.25, 0.3) is 0 Å². The van der Waals surface area contributed by atoms with Gasteiger partial charge in [0.05, 0.1) is 26.7 Å². The molecule has 0 fully saturated rings. The van der Waals surface area contributed by atoms with Crippen LogP contribution in [0.5, 0.6) is 11.5 Å². The van der Waals surface area contributed by atoms with E-state index in [-0.39, 0.29) is 17.7 Å². The van der Waals surface area contributed by atoms with Crippen molar-refractivity contribution in [3.05, 3.63) is 88.3 Å². The first kappa shape index (κ1) is 22.4. The Morgan fingerprint density at radius 2 is 1.88 bits per heavy atom. The normalized spacial score (nSPS) is 11.6. The molecule has 3 aromatic heterocycles. The highest BCUT2D eigenvalue weighted by Crippen LogP contribution is 2.42. The monoisotopic (exact) mass is 464 g/mol. The van der Waals surface area contributed by atoms with Gasteiger partial charge in [-0.25, -0.2) is 4.98 Å². The van der Waals surface area contributed by atoms with E-state index in [4.69, 9.17) is 13.9 Å². The summed E-state index contributed by atoms with van der Waals surface area (Å²) in [5, 5.41) is 7.38. The number of H-pyrrole nitrogens is 1. The van der Waals surface area contributed by atoms with Crippen LogP contribution in [0.2, 0.25) is 0 Å². The lowest BCUT2D eigenvalue weighted by Gasteiger charge is -2.19. The zero-order chi connectivity index (χ0) is 23.4. The number of methoxy groups -OCH3 is 2. The van der Waals surface area contributed by atoms with E-state index in [1.54, 1.807) is 26.4 Å². The summed E-state index contributed by atoms with van der Waals surface area (Å²) in [6, 6.07) is 14.7. The van der Waals surface area contributed by atoms with Crippen LogP contribution in [0.1, 0.15) is 38.2 Å². The van der Waals surface area contributed by atoms with Gasteiger partial charge >= 0.3 is 0 Å². The molecule has 7 nitrogen and oxygen atoms in total. The Kier molecular flexibility index (Phi) is 6.65. The number of thiophene rings is 1. The fraction of sp³-hybridized carbons (Fsp3) is 0.200. The predicted molar refractivity (Wildman–Crippen MR) is 128 cm³/mol. The van der Waals surface area contributed by atoms with Gasteiger partial charge < -0.3 is 19.2 Å². The molecule has 0 saturated heterocycles. The average Bonchev–Trinajstić information content (AvgIpc) is 3.47. The standard InChI is InChI=1S/C25H25N3O4S/c1-15-16(2)33-25(28-24(29)19-8-7-13-32-19)22(15)23(27-21-9-5-6-12-26-21)17-10-11-18(30-3)20(14-17)31-4/h5-14,23H,1-4H3,(H,26,27)(H,28,29)/p+1/t23-/m1/s1. The molecule has 0 radical (unpaired) electrons. The number of ether oxygens (including phenoxy) is 2. The lowest BCUT2D eigenvalue weighted by molar-refractivity contribution is -0.361. The number of hydrogen-bond donors (Lipinski definition) is 2. The van der Waals surface area contributed by atoms with Crippen LogP contribution in [0.15, 0.2) is 65.4 Å². The molecule has 0 aliphatic carbocycles. The fourth-order valence-corrected chi connectivity index (χ4v) is 4.74. The zero-order valence-corrected chi connectivity index (χ0v) is 19.7. The third kappa shape index (κ3) is 4.70. The Labute approximate surface area is 196 Å². The van der Waals surface area contributed by atoms with E-state index in [2.05, 4.69) is 22.5 Å². The van der Waals surface area contributed by atoms with E-state index in [0.717, 1.165) is 32.4 Å². The lowest BCUT2D eigenvalue weighted by atomic mass is 9.96. The fourth-order valence-electron chi connectivity index (χ4n) is 3.65. The SMILES string of the molecule is COc1ccc([C@@H](Nc2cccc[nH+]2)c2c(NC(=O)c3ccco3)sc(C)c2C)cc1OC. The summed E-state index contributed by atoms with van der Waals surface area (Å²) in [4.78, 5) is 17.1. The third-order valence-electron chi connectivity index (χ3n) is 5.44. The van der Waals surface area contributed by atoms with E-state index >= 15 is 0 Å². The zero-order valence-electron chi connectivity index (χ0n) is 18.9. The highest BCUT2D eigenvalue weighted by atomic mass is 32.1. The number of benzene rings is 1. The van der Waals surface area contributed by atoms with Crippen molar-refractivity contribution in [2.75, 3.05) is 24.9 Å². The number of aromatic amines is 1. The molecule has 1 aromatic carbocycles. The molecule has 170 valence electrons. The molecule has 4 aromatic rings. The minimum absolute atomic E-state index is 0.261. The van der Waals surface area contributed by atoms with Crippen molar-refractivity contribution in [2.24, 2.45) is 0 Å². The van der Waals surface area contributed by atoms with E-state index in [1.807, 2.05) is 49.5 Å². The molecular formula is C25H26N3O4S+. The third-order valence-corrected chi connectivity index (χ3v) is 6.58. The molecule has 1 atom stereocenters. The maximum atomic E-state index is 12.8. The first-order valence-electron chi connectivity index (χ1n) is 10.4. The number of aryl methyl sites for hydroxylation is 1. The van der Waals surface area contributed by atoms with E-state index in [0.29, 0.717) is 11.5 Å². The number of hydrogen-bond acceptors (Lipinski definition) is 6. The molecule has 3 heterocycles. The number of carbonyl (C=O) groups is 1. The van der Waals surface area contributed by atoms with Gasteiger partial charge in [0.2, 0.25) is 0 Å². The van der Waals surface area contributed by atoms with Crippen LogP contribution in [0.3, 0.4) is 0 Å². The molecule has 0 unspecified atom stereocenters.